The van der Waals surface area contributed by atoms with Gasteiger partial charge >= 0.3 is 0 Å². The van der Waals surface area contributed by atoms with Crippen LogP contribution >= 0.6 is 0 Å². The molecule has 0 fully saturated rings. The summed E-state index contributed by atoms with van der Waals surface area (Å²) < 4.78 is 35.7. The number of ether oxygens (including phenoxy) is 4. The number of aromatic nitrogens is 4. The van der Waals surface area contributed by atoms with Crippen LogP contribution in [0.15, 0.2) is 54.1 Å². The predicted octanol–water partition coefficient (Wildman–Crippen LogP) is 3.85. The number of nitrogens with one attached hydrogen (secondary N) is 2. The Kier molecular flexibility index (Phi) is 5.69. The van der Waals surface area contributed by atoms with Gasteiger partial charge in [0.15, 0.2) is 11.5 Å². The first kappa shape index (κ1) is 22.8. The number of hydrogen-bond acceptors (Lipinski definition) is 8. The van der Waals surface area contributed by atoms with Crippen molar-refractivity contribution >= 4 is 0 Å². The number of aromatic amines is 2. The van der Waals surface area contributed by atoms with Gasteiger partial charge in [-0.05, 0) is 36.4 Å². The molecule has 0 bridgehead atoms. The molecule has 0 saturated carbocycles. The van der Waals surface area contributed by atoms with Crippen LogP contribution in [0, 0.1) is 17.1 Å². The van der Waals surface area contributed by atoms with Gasteiger partial charge in [-0.3, -0.25) is 10.2 Å². The molecule has 1 aliphatic rings. The highest BCUT2D eigenvalue weighted by atomic mass is 19.1. The summed E-state index contributed by atoms with van der Waals surface area (Å²) in [5.74, 6) is 0.402. The van der Waals surface area contributed by atoms with Gasteiger partial charge in [0.05, 0.1) is 50.4 Å². The summed E-state index contributed by atoms with van der Waals surface area (Å²) in [6.07, 6.45) is 1.61. The van der Waals surface area contributed by atoms with Crippen LogP contribution in [0.1, 0.15) is 17.0 Å². The lowest BCUT2D eigenvalue weighted by Crippen LogP contribution is -2.21. The van der Waals surface area contributed by atoms with E-state index >= 15 is 0 Å². The molecular formula is C25H21FN6O4. The van der Waals surface area contributed by atoms with Crippen molar-refractivity contribution in [3.63, 3.8) is 0 Å². The number of benzene rings is 2. The Bertz CT molecular complexity index is 1490. The number of hydrogen-bond donors (Lipinski definition) is 3. The van der Waals surface area contributed by atoms with Gasteiger partial charge in [-0.15, -0.1) is 5.10 Å². The molecule has 11 heteroatoms. The van der Waals surface area contributed by atoms with Crippen LogP contribution in [0.25, 0.3) is 22.5 Å². The van der Waals surface area contributed by atoms with E-state index in [1.165, 1.54) is 33.5 Å². The zero-order chi connectivity index (χ0) is 25.4. The first-order valence-corrected chi connectivity index (χ1v) is 10.8. The number of nitrogens with zero attached hydrogens (tertiary/aromatic N) is 3. The first-order chi connectivity index (χ1) is 17.5. The third-order valence-corrected chi connectivity index (χ3v) is 6.00. The van der Waals surface area contributed by atoms with Crippen molar-refractivity contribution < 1.29 is 23.3 Å². The minimum Gasteiger partial charge on any atom is -0.493 e. The Hall–Kier alpha value is -4.98. The van der Waals surface area contributed by atoms with Crippen LogP contribution in [-0.2, 0) is 0 Å². The number of fused-ring (bicyclic) bond motifs is 1. The highest BCUT2D eigenvalue weighted by molar-refractivity contribution is 5.77. The van der Waals surface area contributed by atoms with Crippen LogP contribution in [0.4, 0.5) is 4.39 Å². The van der Waals surface area contributed by atoms with Gasteiger partial charge in [0.25, 0.3) is 0 Å². The van der Waals surface area contributed by atoms with E-state index in [4.69, 9.17) is 24.7 Å². The van der Waals surface area contributed by atoms with E-state index in [1.54, 1.807) is 30.5 Å². The van der Waals surface area contributed by atoms with Gasteiger partial charge in [-0.25, -0.2) is 4.39 Å². The molecule has 2 aromatic heterocycles. The van der Waals surface area contributed by atoms with Gasteiger partial charge < -0.3 is 24.7 Å². The van der Waals surface area contributed by atoms with Gasteiger partial charge in [-0.1, -0.05) is 0 Å². The number of H-pyrrole nitrogens is 2. The molecule has 0 spiro atoms. The average molecular weight is 488 g/mol. The Morgan fingerprint density at radius 2 is 1.69 bits per heavy atom. The molecule has 182 valence electrons. The van der Waals surface area contributed by atoms with Crippen molar-refractivity contribution in [3.8, 4) is 51.7 Å². The van der Waals surface area contributed by atoms with E-state index in [-0.39, 0.29) is 23.2 Å². The number of methoxy groups -OCH3 is 3. The van der Waals surface area contributed by atoms with E-state index in [0.29, 0.717) is 50.9 Å². The van der Waals surface area contributed by atoms with E-state index in [9.17, 15) is 9.65 Å². The van der Waals surface area contributed by atoms with Crippen molar-refractivity contribution in [2.24, 2.45) is 5.73 Å². The van der Waals surface area contributed by atoms with E-state index in [0.717, 1.165) is 0 Å². The molecule has 0 amide bonds. The monoisotopic (exact) mass is 488 g/mol. The van der Waals surface area contributed by atoms with Gasteiger partial charge in [-0.2, -0.15) is 10.4 Å². The van der Waals surface area contributed by atoms with Crippen LogP contribution in [0.2, 0.25) is 0 Å². The molecule has 36 heavy (non-hydrogen) atoms. The number of allylic oxidation sites excluding steroid dienone is 1. The molecular weight excluding hydrogens is 467 g/mol. The minimum absolute atomic E-state index is 0.0656. The topological polar surface area (TPSA) is 144 Å². The predicted molar refractivity (Wildman–Crippen MR) is 127 cm³/mol. The van der Waals surface area contributed by atoms with E-state index < -0.39 is 5.92 Å². The summed E-state index contributed by atoms with van der Waals surface area (Å²) in [6, 6.07) is 11.6. The normalized spacial score (nSPS) is 14.6. The smallest absolute Gasteiger partial charge is 0.244 e. The third kappa shape index (κ3) is 3.56. The summed E-state index contributed by atoms with van der Waals surface area (Å²) in [5, 5.41) is 24.5. The lowest BCUT2D eigenvalue weighted by molar-refractivity contribution is 0.324. The van der Waals surface area contributed by atoms with Crippen LogP contribution in [0.5, 0.6) is 23.1 Å². The fourth-order valence-electron chi connectivity index (χ4n) is 4.36. The number of nitriles is 1. The van der Waals surface area contributed by atoms with Crippen molar-refractivity contribution in [1.82, 2.24) is 20.4 Å². The Balaban J connectivity index is 1.73. The maximum atomic E-state index is 13.6. The zero-order valence-electron chi connectivity index (χ0n) is 19.5. The highest BCUT2D eigenvalue weighted by Crippen LogP contribution is 2.49. The molecule has 1 atom stereocenters. The maximum absolute atomic E-state index is 13.6. The Labute approximate surface area is 205 Å². The van der Waals surface area contributed by atoms with Crippen molar-refractivity contribution in [2.75, 3.05) is 21.3 Å². The van der Waals surface area contributed by atoms with Crippen LogP contribution in [-0.4, -0.2) is 41.7 Å². The second-order valence-corrected chi connectivity index (χ2v) is 7.86. The van der Waals surface area contributed by atoms with Crippen molar-refractivity contribution in [1.29, 1.82) is 5.26 Å². The van der Waals surface area contributed by atoms with Crippen LogP contribution in [0.3, 0.4) is 0 Å². The number of rotatable bonds is 6. The fourth-order valence-corrected chi connectivity index (χ4v) is 4.36. The summed E-state index contributed by atoms with van der Waals surface area (Å²) in [5.41, 5.74) is 10.0. The zero-order valence-corrected chi connectivity index (χ0v) is 19.5. The summed E-state index contributed by atoms with van der Waals surface area (Å²) in [7, 11) is 4.56. The fraction of sp³-hybridized carbons (Fsp3) is 0.160. The standard InChI is InChI=1S/C25H21FN6O4/c1-33-17-8-13(9-18(34-2)23(17)35-3)22-20-19(15(10-27)24(28)36-25(20)32-31-22)16-11-29-30-21(16)12-4-6-14(26)7-5-12/h4-9,11,19H,28H2,1-3H3,(H,29,30)(H,31,32). The van der Waals surface area contributed by atoms with Crippen molar-refractivity contribution in [3.05, 3.63) is 71.0 Å². The SMILES string of the molecule is COc1cc(-c2[nH]nc3c2C(c2cn[nH]c2-c2ccc(F)cc2)C(C#N)=C(N)O3)cc(OC)c1OC. The van der Waals surface area contributed by atoms with Crippen molar-refractivity contribution in [2.45, 2.75) is 5.92 Å². The molecule has 5 rings (SSSR count). The quantitative estimate of drug-likeness (QED) is 0.371. The summed E-state index contributed by atoms with van der Waals surface area (Å²) >= 11 is 0. The molecule has 0 radical (unpaired) electrons. The lowest BCUT2D eigenvalue weighted by Gasteiger charge is -2.24. The van der Waals surface area contributed by atoms with E-state index in [2.05, 4.69) is 26.5 Å². The Morgan fingerprint density at radius 1 is 1.00 bits per heavy atom. The first-order valence-electron chi connectivity index (χ1n) is 10.8. The minimum atomic E-state index is -0.689. The molecule has 3 heterocycles. The maximum Gasteiger partial charge on any atom is 0.244 e. The lowest BCUT2D eigenvalue weighted by atomic mass is 9.82. The molecule has 0 aliphatic carbocycles. The molecule has 1 unspecified atom stereocenters. The third-order valence-electron chi connectivity index (χ3n) is 6.00. The van der Waals surface area contributed by atoms with Gasteiger partial charge in [0, 0.05) is 16.7 Å². The van der Waals surface area contributed by atoms with Crippen LogP contribution < -0.4 is 24.7 Å². The summed E-state index contributed by atoms with van der Waals surface area (Å²) in [4.78, 5) is 0. The molecule has 1 aliphatic heterocycles. The largest absolute Gasteiger partial charge is 0.493 e. The molecule has 10 nitrogen and oxygen atoms in total. The van der Waals surface area contributed by atoms with Gasteiger partial charge in [0.1, 0.15) is 17.5 Å². The second-order valence-electron chi connectivity index (χ2n) is 7.86. The molecule has 4 aromatic rings. The molecule has 0 saturated heterocycles. The number of nitrogens with two attached hydrogens (primary N) is 1. The molecule has 2 aromatic carbocycles. The number of halogens is 1. The Morgan fingerprint density at radius 3 is 2.31 bits per heavy atom. The van der Waals surface area contributed by atoms with Gasteiger partial charge in [0.2, 0.25) is 17.5 Å². The van der Waals surface area contributed by atoms with E-state index in [1.807, 2.05) is 0 Å². The summed E-state index contributed by atoms with van der Waals surface area (Å²) in [6.45, 7) is 0. The highest BCUT2D eigenvalue weighted by Gasteiger charge is 2.38. The molecule has 4 N–H and O–H groups in total. The average Bonchev–Trinajstić information content (AvgIpc) is 3.55. The second kappa shape index (κ2) is 8.99.